The van der Waals surface area contributed by atoms with Crippen LogP contribution in [-0.2, 0) is 9.59 Å². The maximum atomic E-state index is 12.6. The van der Waals surface area contributed by atoms with Crippen LogP contribution in [0.5, 0.6) is 11.5 Å². The van der Waals surface area contributed by atoms with E-state index in [1.807, 2.05) is 6.08 Å². The summed E-state index contributed by atoms with van der Waals surface area (Å²) in [7, 11) is 0. The van der Waals surface area contributed by atoms with E-state index in [4.69, 9.17) is 9.47 Å². The predicted molar refractivity (Wildman–Crippen MR) is 105 cm³/mol. The number of fused-ring (bicyclic) bond motifs is 1. The molecule has 1 aromatic carbocycles. The minimum absolute atomic E-state index is 0.0211. The Hall–Kier alpha value is -2.74. The largest absolute Gasteiger partial charge is 0.454 e. The molecule has 146 valence electrons. The summed E-state index contributed by atoms with van der Waals surface area (Å²) in [4.78, 5) is 38.5. The lowest BCUT2D eigenvalue weighted by atomic mass is 9.94. The number of carbonyl (C=O) groups is 3. The van der Waals surface area contributed by atoms with E-state index in [2.05, 4.69) is 11.4 Å². The third-order valence-electron chi connectivity index (χ3n) is 4.84. The van der Waals surface area contributed by atoms with Gasteiger partial charge < -0.3 is 14.8 Å². The molecule has 28 heavy (non-hydrogen) atoms. The fourth-order valence-corrected chi connectivity index (χ4v) is 4.18. The third kappa shape index (κ3) is 3.91. The molecular formula is C20H20N2O5S. The Morgan fingerprint density at radius 1 is 1.25 bits per heavy atom. The van der Waals surface area contributed by atoms with Crippen molar-refractivity contribution in [1.82, 2.24) is 10.2 Å². The van der Waals surface area contributed by atoms with E-state index >= 15 is 0 Å². The standard InChI is InChI=1S/C20H20N2O5S/c23-18(14-4-2-1-3-5-14)21-8-9-22-19(24)17(28-20(22)25)11-13-6-7-15-16(10-13)27-12-26-15/h1-2,6-7,10-11,14H,3-5,8-9,12H2,(H,21,23)/b17-11-. The van der Waals surface area contributed by atoms with Gasteiger partial charge in [0.2, 0.25) is 12.7 Å². The second-order valence-electron chi connectivity index (χ2n) is 6.72. The van der Waals surface area contributed by atoms with Crippen LogP contribution in [0, 0.1) is 5.92 Å². The first-order valence-corrected chi connectivity index (χ1v) is 10.0. The molecule has 1 atom stereocenters. The topological polar surface area (TPSA) is 84.9 Å². The summed E-state index contributed by atoms with van der Waals surface area (Å²) in [5, 5.41) is 2.51. The van der Waals surface area contributed by atoms with E-state index in [1.54, 1.807) is 24.3 Å². The molecule has 1 unspecified atom stereocenters. The lowest BCUT2D eigenvalue weighted by molar-refractivity contribution is -0.126. The van der Waals surface area contributed by atoms with Crippen LogP contribution in [0.4, 0.5) is 4.79 Å². The smallest absolute Gasteiger partial charge is 0.293 e. The van der Waals surface area contributed by atoms with Crippen molar-refractivity contribution >= 4 is 34.9 Å². The van der Waals surface area contributed by atoms with Gasteiger partial charge in [-0.05, 0) is 54.8 Å². The van der Waals surface area contributed by atoms with E-state index in [1.165, 1.54) is 4.90 Å². The number of ether oxygens (including phenoxy) is 2. The Morgan fingerprint density at radius 2 is 2.11 bits per heavy atom. The van der Waals surface area contributed by atoms with Crippen LogP contribution in [0.3, 0.4) is 0 Å². The fourth-order valence-electron chi connectivity index (χ4n) is 3.31. The highest BCUT2D eigenvalue weighted by Crippen LogP contribution is 2.36. The molecular weight excluding hydrogens is 380 g/mol. The summed E-state index contributed by atoms with van der Waals surface area (Å²) in [6.45, 7) is 0.601. The van der Waals surface area contributed by atoms with E-state index in [0.29, 0.717) is 16.4 Å². The normalized spacial score (nSPS) is 22.2. The maximum absolute atomic E-state index is 12.6. The van der Waals surface area contributed by atoms with Gasteiger partial charge in [0.15, 0.2) is 11.5 Å². The monoisotopic (exact) mass is 400 g/mol. The van der Waals surface area contributed by atoms with Gasteiger partial charge in [-0.2, -0.15) is 0 Å². The Balaban J connectivity index is 1.34. The quantitative estimate of drug-likeness (QED) is 0.604. The minimum Gasteiger partial charge on any atom is -0.454 e. The van der Waals surface area contributed by atoms with Gasteiger partial charge in [-0.25, -0.2) is 0 Å². The maximum Gasteiger partial charge on any atom is 0.293 e. The van der Waals surface area contributed by atoms with Gasteiger partial charge in [0.25, 0.3) is 11.1 Å². The molecule has 1 aromatic rings. The molecule has 0 radical (unpaired) electrons. The molecule has 3 aliphatic rings. The summed E-state index contributed by atoms with van der Waals surface area (Å²) in [5.41, 5.74) is 0.758. The van der Waals surface area contributed by atoms with Crippen LogP contribution in [-0.4, -0.2) is 41.8 Å². The lowest BCUT2D eigenvalue weighted by Crippen LogP contribution is -2.39. The lowest BCUT2D eigenvalue weighted by Gasteiger charge is -2.18. The molecule has 1 saturated heterocycles. The Kier molecular flexibility index (Phi) is 5.38. The molecule has 7 nitrogen and oxygen atoms in total. The van der Waals surface area contributed by atoms with E-state index in [0.717, 1.165) is 36.6 Å². The van der Waals surface area contributed by atoms with Crippen LogP contribution in [0.1, 0.15) is 24.8 Å². The SMILES string of the molecule is O=C(NCCN1C(=O)S/C(=C\c2ccc3c(c2)OCO3)C1=O)C1CC=CCC1. The number of carbonyl (C=O) groups excluding carboxylic acids is 3. The zero-order chi connectivity index (χ0) is 19.5. The zero-order valence-electron chi connectivity index (χ0n) is 15.2. The minimum atomic E-state index is -0.345. The number of thioether (sulfide) groups is 1. The van der Waals surface area contributed by atoms with Crippen molar-refractivity contribution in [3.63, 3.8) is 0 Å². The van der Waals surface area contributed by atoms with Gasteiger partial charge in [0, 0.05) is 19.0 Å². The molecule has 1 aliphatic carbocycles. The Bertz CT molecular complexity index is 879. The number of nitrogens with one attached hydrogen (secondary N) is 1. The van der Waals surface area contributed by atoms with Crippen LogP contribution in [0.2, 0.25) is 0 Å². The first kappa shape index (κ1) is 18.6. The number of hydrogen-bond acceptors (Lipinski definition) is 6. The molecule has 0 saturated carbocycles. The Labute approximate surface area is 166 Å². The first-order chi connectivity index (χ1) is 13.6. The van der Waals surface area contributed by atoms with E-state index in [9.17, 15) is 14.4 Å². The molecule has 0 aromatic heterocycles. The predicted octanol–water partition coefficient (Wildman–Crippen LogP) is 2.92. The molecule has 8 heteroatoms. The molecule has 4 rings (SSSR count). The number of imide groups is 1. The second-order valence-corrected chi connectivity index (χ2v) is 7.71. The summed E-state index contributed by atoms with van der Waals surface area (Å²) in [6.07, 6.45) is 8.25. The van der Waals surface area contributed by atoms with Gasteiger partial charge in [-0.1, -0.05) is 18.2 Å². The van der Waals surface area contributed by atoms with Crippen molar-refractivity contribution in [2.24, 2.45) is 5.92 Å². The highest BCUT2D eigenvalue weighted by atomic mass is 32.2. The van der Waals surface area contributed by atoms with Gasteiger partial charge >= 0.3 is 0 Å². The van der Waals surface area contributed by atoms with Crippen molar-refractivity contribution < 1.29 is 23.9 Å². The van der Waals surface area contributed by atoms with Gasteiger partial charge in [0.05, 0.1) is 4.91 Å². The number of benzene rings is 1. The van der Waals surface area contributed by atoms with Crippen LogP contribution in [0.15, 0.2) is 35.3 Å². The number of hydrogen-bond donors (Lipinski definition) is 1. The molecule has 3 amide bonds. The summed E-state index contributed by atoms with van der Waals surface area (Å²) >= 11 is 0.901. The Morgan fingerprint density at radius 3 is 2.93 bits per heavy atom. The average molecular weight is 400 g/mol. The average Bonchev–Trinajstić information content (AvgIpc) is 3.28. The molecule has 2 heterocycles. The van der Waals surface area contributed by atoms with Gasteiger partial charge in [-0.15, -0.1) is 0 Å². The zero-order valence-corrected chi connectivity index (χ0v) is 16.0. The molecule has 1 N–H and O–H groups in total. The van der Waals surface area contributed by atoms with Crippen LogP contribution in [0.25, 0.3) is 6.08 Å². The van der Waals surface area contributed by atoms with Crippen LogP contribution < -0.4 is 14.8 Å². The molecule has 0 bridgehead atoms. The molecule has 2 aliphatic heterocycles. The highest BCUT2D eigenvalue weighted by Gasteiger charge is 2.35. The van der Waals surface area contributed by atoms with E-state index < -0.39 is 0 Å². The van der Waals surface area contributed by atoms with Crippen molar-refractivity contribution in [2.45, 2.75) is 19.3 Å². The summed E-state index contributed by atoms with van der Waals surface area (Å²) in [6, 6.07) is 5.35. The van der Waals surface area contributed by atoms with Gasteiger partial charge in [0.1, 0.15) is 0 Å². The van der Waals surface area contributed by atoms with Crippen molar-refractivity contribution in [3.05, 3.63) is 40.8 Å². The fraction of sp³-hybridized carbons (Fsp3) is 0.350. The number of nitrogens with zero attached hydrogens (tertiary/aromatic N) is 1. The number of allylic oxidation sites excluding steroid dienone is 2. The number of rotatable bonds is 5. The highest BCUT2D eigenvalue weighted by molar-refractivity contribution is 8.18. The first-order valence-electron chi connectivity index (χ1n) is 9.19. The van der Waals surface area contributed by atoms with Crippen LogP contribution >= 0.6 is 11.8 Å². The molecule has 1 fully saturated rings. The van der Waals surface area contributed by atoms with Crippen molar-refractivity contribution in [1.29, 1.82) is 0 Å². The van der Waals surface area contributed by atoms with Crippen molar-refractivity contribution in [3.8, 4) is 11.5 Å². The van der Waals surface area contributed by atoms with E-state index in [-0.39, 0.29) is 42.9 Å². The summed E-state index contributed by atoms with van der Waals surface area (Å²) < 4.78 is 10.6. The second kappa shape index (κ2) is 8.10. The number of amides is 3. The third-order valence-corrected chi connectivity index (χ3v) is 5.75. The summed E-state index contributed by atoms with van der Waals surface area (Å²) in [5.74, 6) is 0.892. The van der Waals surface area contributed by atoms with Crippen molar-refractivity contribution in [2.75, 3.05) is 19.9 Å². The van der Waals surface area contributed by atoms with Gasteiger partial charge in [-0.3, -0.25) is 19.3 Å². The molecule has 0 spiro atoms.